The molecule has 0 unspecified atom stereocenters. The molecule has 2 heterocycles. The highest BCUT2D eigenvalue weighted by molar-refractivity contribution is 6.42. The standard InChI is InChI=1S/C32H41F4N7O4/c1-4-43-25(12-13-37-43)29(45)40-28(21-8-6-5-7-9-21)30(46)38-24-11-10-22(18-23(24)33)20(2)27(39-26(44)19-32(34,35)36)31(47)42-16-14-41(3)15-17-42/h10-13,18,20-21,28H,4-9,14-17,19H2,1-3H3,(H,38,46)(H,40,45)/t20-,28-/m0/s1. The fourth-order valence-corrected chi connectivity index (χ4v) is 5.97. The van der Waals surface area contributed by atoms with Crippen molar-refractivity contribution in [3.8, 4) is 0 Å². The van der Waals surface area contributed by atoms with Gasteiger partial charge in [-0.05, 0) is 56.5 Å². The Labute approximate surface area is 270 Å². The zero-order valence-corrected chi connectivity index (χ0v) is 26.8. The fourth-order valence-electron chi connectivity index (χ4n) is 5.97. The molecular weight excluding hydrogens is 622 g/mol. The molecule has 15 heteroatoms. The lowest BCUT2D eigenvalue weighted by Gasteiger charge is -2.33. The Hall–Kier alpha value is -4.14. The monoisotopic (exact) mass is 663 g/mol. The summed E-state index contributed by atoms with van der Waals surface area (Å²) in [5.41, 5.74) is -0.141. The van der Waals surface area contributed by atoms with Crippen molar-refractivity contribution in [3.63, 3.8) is 0 Å². The number of carbonyl (C=O) groups is 4. The van der Waals surface area contributed by atoms with E-state index in [0.717, 1.165) is 25.3 Å². The molecule has 2 N–H and O–H groups in total. The molecule has 0 spiro atoms. The molecule has 4 amide bonds. The second-order valence-electron chi connectivity index (χ2n) is 12.1. The summed E-state index contributed by atoms with van der Waals surface area (Å²) in [6.07, 6.45) is -0.947. The van der Waals surface area contributed by atoms with Crippen LogP contribution in [0.15, 0.2) is 35.5 Å². The summed E-state index contributed by atoms with van der Waals surface area (Å²) in [5.74, 6) is -5.38. The quantitative estimate of drug-likeness (QED) is 0.290. The Morgan fingerprint density at radius 3 is 2.34 bits per heavy atom. The summed E-state index contributed by atoms with van der Waals surface area (Å²) >= 11 is 0. The van der Waals surface area contributed by atoms with Crippen LogP contribution in [0.1, 0.15) is 74.3 Å². The van der Waals surface area contributed by atoms with Crippen LogP contribution < -0.4 is 10.6 Å². The number of aryl methyl sites for hydroxylation is 1. The molecule has 0 radical (unpaired) electrons. The van der Waals surface area contributed by atoms with Gasteiger partial charge in [-0.1, -0.05) is 32.3 Å². The van der Waals surface area contributed by atoms with Crippen molar-refractivity contribution in [2.75, 3.05) is 38.5 Å². The number of anilines is 1. The van der Waals surface area contributed by atoms with Crippen LogP contribution in [0.2, 0.25) is 0 Å². The Bertz CT molecular complexity index is 1480. The minimum absolute atomic E-state index is 0.165. The molecule has 2 fully saturated rings. The highest BCUT2D eigenvalue weighted by Crippen LogP contribution is 2.29. The third-order valence-corrected chi connectivity index (χ3v) is 8.71. The van der Waals surface area contributed by atoms with Gasteiger partial charge in [0, 0.05) is 44.8 Å². The Kier molecular flexibility index (Phi) is 11.9. The van der Waals surface area contributed by atoms with Crippen LogP contribution in [0, 0.1) is 11.7 Å². The predicted octanol–water partition coefficient (Wildman–Crippen LogP) is 4.16. The van der Waals surface area contributed by atoms with Gasteiger partial charge < -0.3 is 20.4 Å². The second-order valence-corrected chi connectivity index (χ2v) is 12.1. The molecule has 4 rings (SSSR count). The first-order valence-electron chi connectivity index (χ1n) is 15.9. The molecule has 1 saturated carbocycles. The van der Waals surface area contributed by atoms with Crippen LogP contribution in [0.3, 0.4) is 0 Å². The van der Waals surface area contributed by atoms with Crippen molar-refractivity contribution in [1.82, 2.24) is 24.9 Å². The van der Waals surface area contributed by atoms with E-state index < -0.39 is 59.7 Å². The number of nitrogens with one attached hydrogen (secondary N) is 2. The highest BCUT2D eigenvalue weighted by Gasteiger charge is 2.35. The molecule has 1 aromatic heterocycles. The predicted molar refractivity (Wildman–Crippen MR) is 166 cm³/mol. The largest absolute Gasteiger partial charge is 0.397 e. The number of amides is 4. The van der Waals surface area contributed by atoms with Gasteiger partial charge >= 0.3 is 6.18 Å². The molecule has 1 saturated heterocycles. The van der Waals surface area contributed by atoms with Crippen LogP contribution in [-0.2, 0) is 20.9 Å². The average Bonchev–Trinajstić information content (AvgIpc) is 3.52. The number of carbonyl (C=O) groups excluding carboxylic acids is 4. The lowest BCUT2D eigenvalue weighted by atomic mass is 9.83. The fraction of sp³-hybridized carbons (Fsp3) is 0.562. The maximum atomic E-state index is 15.5. The lowest BCUT2D eigenvalue weighted by Crippen LogP contribution is -2.50. The molecular formula is C32H41F4N7O4. The molecule has 47 heavy (non-hydrogen) atoms. The minimum Gasteiger partial charge on any atom is -0.339 e. The van der Waals surface area contributed by atoms with Crippen molar-refractivity contribution in [3.05, 3.63) is 47.5 Å². The van der Waals surface area contributed by atoms with Gasteiger partial charge in [-0.25, -0.2) is 9.38 Å². The number of hydrogen-bond donors (Lipinski definition) is 2. The summed E-state index contributed by atoms with van der Waals surface area (Å²) < 4.78 is 55.8. The second kappa shape index (κ2) is 15.6. The average molecular weight is 664 g/mol. The third kappa shape index (κ3) is 9.46. The van der Waals surface area contributed by atoms with Crippen molar-refractivity contribution < 1.29 is 36.7 Å². The van der Waals surface area contributed by atoms with Gasteiger partial charge in [-0.3, -0.25) is 23.9 Å². The molecule has 1 aromatic carbocycles. The molecule has 0 bridgehead atoms. The number of aliphatic imine (C=N–C) groups is 1. The molecule has 1 aliphatic carbocycles. The first-order chi connectivity index (χ1) is 22.3. The highest BCUT2D eigenvalue weighted by atomic mass is 19.4. The first-order valence-corrected chi connectivity index (χ1v) is 15.9. The number of likely N-dealkylation sites (N-methyl/N-ethyl adjacent to an activating group) is 1. The van der Waals surface area contributed by atoms with Crippen LogP contribution in [-0.4, -0.2) is 94.4 Å². The smallest absolute Gasteiger partial charge is 0.339 e. The van der Waals surface area contributed by atoms with Crippen molar-refractivity contribution in [2.45, 2.75) is 77.1 Å². The maximum absolute atomic E-state index is 15.5. The molecule has 1 aliphatic heterocycles. The number of hydrogen-bond acceptors (Lipinski definition) is 6. The van der Waals surface area contributed by atoms with E-state index in [2.05, 4.69) is 20.7 Å². The molecule has 2 aromatic rings. The first kappa shape index (κ1) is 35.7. The lowest BCUT2D eigenvalue weighted by molar-refractivity contribution is -0.151. The number of nitrogens with zero attached hydrogens (tertiary/aromatic N) is 5. The number of rotatable bonds is 10. The van der Waals surface area contributed by atoms with E-state index in [1.54, 1.807) is 6.07 Å². The zero-order chi connectivity index (χ0) is 34.3. The number of alkyl halides is 3. The van der Waals surface area contributed by atoms with E-state index in [9.17, 15) is 32.3 Å². The SMILES string of the molecule is CCn1nccc1C(=O)N[C@H](C(=O)Nc1ccc([C@H](C)C(=NC(=O)CC(F)(F)F)C(=O)N2CCN(C)CC2)cc1F)C1CCCCC1. The van der Waals surface area contributed by atoms with E-state index in [-0.39, 0.29) is 30.3 Å². The number of piperazine rings is 1. The Balaban J connectivity index is 1.55. The topological polar surface area (TPSA) is 129 Å². The number of benzene rings is 1. The maximum Gasteiger partial charge on any atom is 0.397 e. The van der Waals surface area contributed by atoms with E-state index in [0.29, 0.717) is 38.2 Å². The normalized spacial score (nSPS) is 18.0. The minimum atomic E-state index is -4.82. The van der Waals surface area contributed by atoms with E-state index in [1.165, 1.54) is 34.8 Å². The molecule has 256 valence electrons. The van der Waals surface area contributed by atoms with Gasteiger partial charge in [0.1, 0.15) is 29.7 Å². The van der Waals surface area contributed by atoms with Crippen LogP contribution in [0.25, 0.3) is 0 Å². The Morgan fingerprint density at radius 1 is 1.04 bits per heavy atom. The van der Waals surface area contributed by atoms with Crippen molar-refractivity contribution in [2.24, 2.45) is 10.9 Å². The summed E-state index contributed by atoms with van der Waals surface area (Å²) in [4.78, 5) is 59.3. The summed E-state index contributed by atoms with van der Waals surface area (Å²) in [7, 11) is 1.86. The third-order valence-electron chi connectivity index (χ3n) is 8.71. The molecule has 11 nitrogen and oxygen atoms in total. The van der Waals surface area contributed by atoms with Gasteiger partial charge in [0.15, 0.2) is 0 Å². The summed E-state index contributed by atoms with van der Waals surface area (Å²) in [6.45, 7) is 5.36. The summed E-state index contributed by atoms with van der Waals surface area (Å²) in [5, 5.41) is 9.51. The van der Waals surface area contributed by atoms with Crippen molar-refractivity contribution >= 4 is 35.0 Å². The molecule has 2 atom stereocenters. The van der Waals surface area contributed by atoms with Gasteiger partial charge in [0.25, 0.3) is 17.7 Å². The van der Waals surface area contributed by atoms with Gasteiger partial charge in [-0.15, -0.1) is 0 Å². The van der Waals surface area contributed by atoms with Crippen LogP contribution in [0.5, 0.6) is 0 Å². The zero-order valence-electron chi connectivity index (χ0n) is 26.8. The van der Waals surface area contributed by atoms with Crippen molar-refractivity contribution in [1.29, 1.82) is 0 Å². The van der Waals surface area contributed by atoms with E-state index in [4.69, 9.17) is 0 Å². The number of halogens is 4. The number of aromatic nitrogens is 2. The van der Waals surface area contributed by atoms with E-state index >= 15 is 4.39 Å². The van der Waals surface area contributed by atoms with Gasteiger partial charge in [0.2, 0.25) is 5.91 Å². The van der Waals surface area contributed by atoms with Gasteiger partial charge in [-0.2, -0.15) is 18.3 Å². The van der Waals surface area contributed by atoms with Crippen LogP contribution in [0.4, 0.5) is 23.2 Å². The van der Waals surface area contributed by atoms with Gasteiger partial charge in [0.05, 0.1) is 5.69 Å². The Morgan fingerprint density at radius 2 is 1.72 bits per heavy atom. The van der Waals surface area contributed by atoms with Crippen LogP contribution >= 0.6 is 0 Å². The molecule has 2 aliphatic rings. The summed E-state index contributed by atoms with van der Waals surface area (Å²) in [6, 6.07) is 4.35. The van der Waals surface area contributed by atoms with E-state index in [1.807, 2.05) is 18.9 Å².